The van der Waals surface area contributed by atoms with Gasteiger partial charge in [0.25, 0.3) is 0 Å². The highest BCUT2D eigenvalue weighted by molar-refractivity contribution is 5.85. The van der Waals surface area contributed by atoms with Gasteiger partial charge in [-0.05, 0) is 69.3 Å². The first-order valence-corrected chi connectivity index (χ1v) is 9.55. The van der Waals surface area contributed by atoms with Crippen LogP contribution >= 0.6 is 24.8 Å². The number of likely N-dealkylation sites (tertiary alicyclic amines) is 1. The third kappa shape index (κ3) is 4.72. The summed E-state index contributed by atoms with van der Waals surface area (Å²) in [7, 11) is 0. The van der Waals surface area contributed by atoms with Crippen LogP contribution in [-0.4, -0.2) is 43.5 Å². The molecule has 1 saturated carbocycles. The lowest BCUT2D eigenvalue weighted by Crippen LogP contribution is -2.39. The summed E-state index contributed by atoms with van der Waals surface area (Å²) in [5.74, 6) is 0.523. The first-order chi connectivity index (χ1) is 11.8. The fourth-order valence-electron chi connectivity index (χ4n) is 4.61. The van der Waals surface area contributed by atoms with Crippen LogP contribution < -0.4 is 10.6 Å². The van der Waals surface area contributed by atoms with Crippen LogP contribution in [0.25, 0.3) is 0 Å². The van der Waals surface area contributed by atoms with Crippen LogP contribution in [0, 0.1) is 11.3 Å². The number of nitrogens with one attached hydrogen (secondary N) is 2. The smallest absolute Gasteiger partial charge is 0.224 e. The third-order valence-corrected chi connectivity index (χ3v) is 6.26. The SMILES string of the molecule is Cl.Cl.O=C(NC(CN1CCCC1)c1ccccc1)C1CC12CCNCC2. The summed E-state index contributed by atoms with van der Waals surface area (Å²) in [6.45, 7) is 5.41. The highest BCUT2D eigenvalue weighted by Crippen LogP contribution is 2.58. The molecule has 1 spiro atoms. The topological polar surface area (TPSA) is 44.4 Å². The molecule has 2 unspecified atom stereocenters. The van der Waals surface area contributed by atoms with Crippen LogP contribution in [0.4, 0.5) is 0 Å². The Kier molecular flexibility index (Phi) is 7.77. The number of hydrogen-bond acceptors (Lipinski definition) is 3. The van der Waals surface area contributed by atoms with Crippen molar-refractivity contribution in [2.24, 2.45) is 11.3 Å². The predicted molar refractivity (Wildman–Crippen MR) is 110 cm³/mol. The standard InChI is InChI=1S/C20H29N3O.2ClH/c24-19(17-14-20(17)8-10-21-11-9-20)22-18(15-23-12-4-5-13-23)16-6-2-1-3-7-16;;/h1-3,6-7,17-18,21H,4-5,8-15H2,(H,22,24);2*1H. The molecule has 2 N–H and O–H groups in total. The molecule has 0 bridgehead atoms. The molecule has 0 radical (unpaired) electrons. The lowest BCUT2D eigenvalue weighted by molar-refractivity contribution is -0.124. The van der Waals surface area contributed by atoms with E-state index < -0.39 is 0 Å². The highest BCUT2D eigenvalue weighted by Gasteiger charge is 2.57. The number of halogens is 2. The molecular weight excluding hydrogens is 369 g/mol. The largest absolute Gasteiger partial charge is 0.348 e. The van der Waals surface area contributed by atoms with Gasteiger partial charge in [0.15, 0.2) is 0 Å². The lowest BCUT2D eigenvalue weighted by Gasteiger charge is -2.27. The van der Waals surface area contributed by atoms with Crippen LogP contribution in [0.2, 0.25) is 0 Å². The fourth-order valence-corrected chi connectivity index (χ4v) is 4.61. The summed E-state index contributed by atoms with van der Waals surface area (Å²) in [5.41, 5.74) is 1.54. The predicted octanol–water partition coefficient (Wildman–Crippen LogP) is 3.17. The first-order valence-electron chi connectivity index (χ1n) is 9.55. The van der Waals surface area contributed by atoms with Crippen molar-refractivity contribution in [1.29, 1.82) is 0 Å². The van der Waals surface area contributed by atoms with E-state index in [4.69, 9.17) is 0 Å². The van der Waals surface area contributed by atoms with Crippen molar-refractivity contribution in [1.82, 2.24) is 15.5 Å². The Bertz CT molecular complexity index is 572. The minimum absolute atomic E-state index is 0. The van der Waals surface area contributed by atoms with E-state index in [2.05, 4.69) is 39.8 Å². The number of carbonyl (C=O) groups is 1. The van der Waals surface area contributed by atoms with Crippen molar-refractivity contribution in [2.45, 2.75) is 38.1 Å². The van der Waals surface area contributed by atoms with Crippen LogP contribution in [0.5, 0.6) is 0 Å². The average molecular weight is 400 g/mol. The molecule has 3 aliphatic rings. The quantitative estimate of drug-likeness (QED) is 0.798. The Morgan fingerprint density at radius 2 is 1.81 bits per heavy atom. The summed E-state index contributed by atoms with van der Waals surface area (Å²) < 4.78 is 0. The van der Waals surface area contributed by atoms with E-state index in [0.29, 0.717) is 5.41 Å². The van der Waals surface area contributed by atoms with Gasteiger partial charge in [0.1, 0.15) is 0 Å². The van der Waals surface area contributed by atoms with Crippen molar-refractivity contribution < 1.29 is 4.79 Å². The van der Waals surface area contributed by atoms with Gasteiger partial charge in [0.05, 0.1) is 6.04 Å². The maximum Gasteiger partial charge on any atom is 0.224 e. The average Bonchev–Trinajstić information content (AvgIpc) is 3.06. The van der Waals surface area contributed by atoms with Crippen molar-refractivity contribution in [3.63, 3.8) is 0 Å². The molecule has 2 aliphatic heterocycles. The van der Waals surface area contributed by atoms with Crippen LogP contribution in [0.3, 0.4) is 0 Å². The molecule has 4 rings (SSSR count). The van der Waals surface area contributed by atoms with Gasteiger partial charge in [-0.2, -0.15) is 0 Å². The number of nitrogens with zero attached hydrogens (tertiary/aromatic N) is 1. The molecule has 1 amide bonds. The molecule has 4 nitrogen and oxygen atoms in total. The van der Waals surface area contributed by atoms with Gasteiger partial charge in [0.2, 0.25) is 5.91 Å². The van der Waals surface area contributed by atoms with E-state index in [9.17, 15) is 4.79 Å². The summed E-state index contributed by atoms with van der Waals surface area (Å²) in [6, 6.07) is 10.6. The van der Waals surface area contributed by atoms with Gasteiger partial charge >= 0.3 is 0 Å². The molecule has 6 heteroatoms. The number of rotatable bonds is 5. The van der Waals surface area contributed by atoms with Crippen molar-refractivity contribution in [2.75, 3.05) is 32.7 Å². The van der Waals surface area contributed by atoms with E-state index in [-0.39, 0.29) is 42.7 Å². The van der Waals surface area contributed by atoms with Gasteiger partial charge in [-0.1, -0.05) is 30.3 Å². The highest BCUT2D eigenvalue weighted by atomic mass is 35.5. The molecule has 1 aromatic rings. The van der Waals surface area contributed by atoms with Crippen molar-refractivity contribution in [3.8, 4) is 0 Å². The van der Waals surface area contributed by atoms with Gasteiger partial charge in [-0.25, -0.2) is 0 Å². The van der Waals surface area contributed by atoms with Gasteiger partial charge in [-0.15, -0.1) is 24.8 Å². The number of carbonyl (C=O) groups excluding carboxylic acids is 1. The van der Waals surface area contributed by atoms with E-state index in [1.54, 1.807) is 0 Å². The number of piperidine rings is 1. The third-order valence-electron chi connectivity index (χ3n) is 6.26. The minimum Gasteiger partial charge on any atom is -0.348 e. The van der Waals surface area contributed by atoms with Gasteiger partial charge < -0.3 is 15.5 Å². The molecule has 2 atom stereocenters. The molecule has 26 heavy (non-hydrogen) atoms. The minimum atomic E-state index is 0. The zero-order chi connectivity index (χ0) is 16.4. The van der Waals surface area contributed by atoms with E-state index in [0.717, 1.165) is 52.0 Å². The fraction of sp³-hybridized carbons (Fsp3) is 0.650. The Morgan fingerprint density at radius 3 is 2.46 bits per heavy atom. The monoisotopic (exact) mass is 399 g/mol. The maximum atomic E-state index is 12.9. The second kappa shape index (κ2) is 9.41. The van der Waals surface area contributed by atoms with E-state index >= 15 is 0 Å². The zero-order valence-corrected chi connectivity index (χ0v) is 16.9. The molecule has 0 aromatic heterocycles. The molecule has 2 heterocycles. The molecule has 1 aliphatic carbocycles. The van der Waals surface area contributed by atoms with Crippen molar-refractivity contribution >= 4 is 30.7 Å². The van der Waals surface area contributed by atoms with Gasteiger partial charge in [-0.3, -0.25) is 4.79 Å². The normalized spacial score (nSPS) is 25.0. The second-order valence-corrected chi connectivity index (χ2v) is 7.85. The van der Waals surface area contributed by atoms with Crippen LogP contribution in [-0.2, 0) is 4.79 Å². The number of benzene rings is 1. The zero-order valence-electron chi connectivity index (χ0n) is 15.3. The molecule has 146 valence electrons. The maximum absolute atomic E-state index is 12.9. The van der Waals surface area contributed by atoms with Crippen molar-refractivity contribution in [3.05, 3.63) is 35.9 Å². The Morgan fingerprint density at radius 1 is 1.15 bits per heavy atom. The summed E-state index contributed by atoms with van der Waals surface area (Å²) >= 11 is 0. The van der Waals surface area contributed by atoms with Crippen LogP contribution in [0.15, 0.2) is 30.3 Å². The van der Waals surface area contributed by atoms with Crippen LogP contribution in [0.1, 0.15) is 43.7 Å². The Hall–Kier alpha value is -0.810. The lowest BCUT2D eigenvalue weighted by atomic mass is 9.91. The summed E-state index contributed by atoms with van der Waals surface area (Å²) in [4.78, 5) is 15.4. The first kappa shape index (κ1) is 21.5. The molecule has 2 saturated heterocycles. The second-order valence-electron chi connectivity index (χ2n) is 7.85. The Balaban J connectivity index is 0.00000121. The number of hydrogen-bond donors (Lipinski definition) is 2. The van der Waals surface area contributed by atoms with Gasteiger partial charge in [0, 0.05) is 12.5 Å². The van der Waals surface area contributed by atoms with E-state index in [1.807, 2.05) is 6.07 Å². The number of amides is 1. The molecule has 3 fully saturated rings. The molecular formula is C20H31Cl2N3O. The van der Waals surface area contributed by atoms with E-state index in [1.165, 1.54) is 18.4 Å². The summed E-state index contributed by atoms with van der Waals surface area (Å²) in [6.07, 6.45) is 5.98. The molecule has 1 aromatic carbocycles. The Labute approximate surface area is 169 Å². The summed E-state index contributed by atoms with van der Waals surface area (Å²) in [5, 5.41) is 6.81.